The van der Waals surface area contributed by atoms with Crippen molar-refractivity contribution < 1.29 is 19.4 Å². The van der Waals surface area contributed by atoms with Crippen LogP contribution in [0.2, 0.25) is 0 Å². The topological polar surface area (TPSA) is 79.7 Å². The number of amides is 1. The maximum absolute atomic E-state index is 11.5. The first-order valence-electron chi connectivity index (χ1n) is 5.02. The molecule has 0 unspecified atom stereocenters. The largest absolute Gasteiger partial charge is 0.480 e. The second-order valence-corrected chi connectivity index (χ2v) is 3.50. The van der Waals surface area contributed by atoms with Crippen molar-refractivity contribution >= 4 is 11.9 Å². The van der Waals surface area contributed by atoms with Gasteiger partial charge < -0.3 is 14.7 Å². The monoisotopic (exact) mass is 238 g/mol. The van der Waals surface area contributed by atoms with E-state index in [4.69, 9.17) is 9.84 Å². The van der Waals surface area contributed by atoms with Gasteiger partial charge in [0, 0.05) is 26.0 Å². The molecule has 0 saturated carbocycles. The van der Waals surface area contributed by atoms with Crippen molar-refractivity contribution in [3.05, 3.63) is 30.1 Å². The van der Waals surface area contributed by atoms with Gasteiger partial charge >= 0.3 is 5.97 Å². The van der Waals surface area contributed by atoms with Crippen molar-refractivity contribution in [2.45, 2.75) is 6.54 Å². The highest BCUT2D eigenvalue weighted by molar-refractivity contribution is 5.77. The molecule has 1 aromatic rings. The van der Waals surface area contributed by atoms with Gasteiger partial charge in [0.2, 0.25) is 5.91 Å². The highest BCUT2D eigenvalue weighted by Gasteiger charge is 2.10. The Balaban J connectivity index is 2.34. The van der Waals surface area contributed by atoms with Crippen LogP contribution in [0, 0.1) is 0 Å². The Morgan fingerprint density at radius 2 is 2.24 bits per heavy atom. The van der Waals surface area contributed by atoms with Crippen LogP contribution in [0.25, 0.3) is 0 Å². The maximum Gasteiger partial charge on any atom is 0.329 e. The zero-order chi connectivity index (χ0) is 12.7. The van der Waals surface area contributed by atoms with Crippen LogP contribution in [0.15, 0.2) is 24.5 Å². The smallest absolute Gasteiger partial charge is 0.329 e. The summed E-state index contributed by atoms with van der Waals surface area (Å²) in [4.78, 5) is 27.1. The highest BCUT2D eigenvalue weighted by atomic mass is 16.5. The molecule has 0 bridgehead atoms. The summed E-state index contributed by atoms with van der Waals surface area (Å²) in [5, 5.41) is 8.34. The third-order valence-corrected chi connectivity index (χ3v) is 2.02. The van der Waals surface area contributed by atoms with E-state index in [1.807, 2.05) is 6.07 Å². The fraction of sp³-hybridized carbons (Fsp3) is 0.364. The van der Waals surface area contributed by atoms with Crippen LogP contribution in [0.5, 0.6) is 0 Å². The summed E-state index contributed by atoms with van der Waals surface area (Å²) < 4.78 is 4.71. The Bertz CT molecular complexity index is 380. The van der Waals surface area contributed by atoms with Gasteiger partial charge in [-0.05, 0) is 11.6 Å². The normalized spacial score (nSPS) is 9.94. The first-order chi connectivity index (χ1) is 8.09. The Labute approximate surface area is 98.8 Å². The average molecular weight is 238 g/mol. The third-order valence-electron chi connectivity index (χ3n) is 2.02. The summed E-state index contributed by atoms with van der Waals surface area (Å²) in [6.07, 6.45) is 3.32. The summed E-state index contributed by atoms with van der Waals surface area (Å²) in [6, 6.07) is 3.64. The van der Waals surface area contributed by atoms with Crippen LogP contribution in [0.1, 0.15) is 5.56 Å². The highest BCUT2D eigenvalue weighted by Crippen LogP contribution is 2.00. The number of aromatic nitrogens is 1. The summed E-state index contributed by atoms with van der Waals surface area (Å²) in [7, 11) is 1.62. The van der Waals surface area contributed by atoms with Crippen molar-refractivity contribution in [2.75, 3.05) is 20.3 Å². The van der Waals surface area contributed by atoms with E-state index < -0.39 is 12.6 Å². The lowest BCUT2D eigenvalue weighted by Crippen LogP contribution is -2.30. The van der Waals surface area contributed by atoms with E-state index in [2.05, 4.69) is 4.98 Å². The number of carbonyl (C=O) groups excluding carboxylic acids is 1. The fourth-order valence-electron chi connectivity index (χ4n) is 1.19. The van der Waals surface area contributed by atoms with Gasteiger partial charge in [-0.3, -0.25) is 9.78 Å². The van der Waals surface area contributed by atoms with Gasteiger partial charge in [0.1, 0.15) is 13.2 Å². The average Bonchev–Trinajstić information content (AvgIpc) is 2.29. The number of hydrogen-bond donors (Lipinski definition) is 1. The van der Waals surface area contributed by atoms with E-state index in [0.29, 0.717) is 6.54 Å². The molecule has 0 fully saturated rings. The molecule has 0 aliphatic carbocycles. The first-order valence-corrected chi connectivity index (χ1v) is 5.02. The predicted molar refractivity (Wildman–Crippen MR) is 59.2 cm³/mol. The summed E-state index contributed by atoms with van der Waals surface area (Å²) in [6.45, 7) is -0.279. The van der Waals surface area contributed by atoms with Crippen LogP contribution in [0.4, 0.5) is 0 Å². The molecule has 0 spiro atoms. The lowest BCUT2D eigenvalue weighted by molar-refractivity contribution is -0.145. The molecule has 6 nitrogen and oxygen atoms in total. The molecule has 17 heavy (non-hydrogen) atoms. The maximum atomic E-state index is 11.5. The third kappa shape index (κ3) is 5.07. The summed E-state index contributed by atoms with van der Waals surface area (Å²) in [5.74, 6) is -1.36. The molecule has 0 aliphatic heterocycles. The molecule has 0 radical (unpaired) electrons. The summed E-state index contributed by atoms with van der Waals surface area (Å²) in [5.41, 5.74) is 0.904. The van der Waals surface area contributed by atoms with Crippen LogP contribution >= 0.6 is 0 Å². The van der Waals surface area contributed by atoms with E-state index in [9.17, 15) is 9.59 Å². The van der Waals surface area contributed by atoms with Gasteiger partial charge in [0.05, 0.1) is 0 Å². The number of rotatable bonds is 6. The van der Waals surface area contributed by atoms with Gasteiger partial charge in [-0.15, -0.1) is 0 Å². The van der Waals surface area contributed by atoms with E-state index >= 15 is 0 Å². The number of carbonyl (C=O) groups is 2. The minimum absolute atomic E-state index is 0.233. The molecular formula is C11H14N2O4. The minimum atomic E-state index is -1.09. The predicted octanol–water partition coefficient (Wildman–Crippen LogP) is 0.141. The lowest BCUT2D eigenvalue weighted by Gasteiger charge is -2.16. The number of likely N-dealkylation sites (N-methyl/N-ethyl adjacent to an activating group) is 1. The molecule has 0 aromatic carbocycles. The number of nitrogens with zero attached hydrogens (tertiary/aromatic N) is 2. The van der Waals surface area contributed by atoms with Crippen molar-refractivity contribution in [3.63, 3.8) is 0 Å². The molecule has 92 valence electrons. The second-order valence-electron chi connectivity index (χ2n) is 3.50. The second kappa shape index (κ2) is 6.59. The molecular weight excluding hydrogens is 224 g/mol. The molecule has 1 rings (SSSR count). The zero-order valence-electron chi connectivity index (χ0n) is 9.50. The molecule has 1 aromatic heterocycles. The van der Waals surface area contributed by atoms with Gasteiger partial charge in [0.15, 0.2) is 0 Å². The van der Waals surface area contributed by atoms with Crippen LogP contribution in [-0.4, -0.2) is 47.1 Å². The minimum Gasteiger partial charge on any atom is -0.480 e. The molecule has 0 saturated heterocycles. The van der Waals surface area contributed by atoms with Crippen molar-refractivity contribution in [2.24, 2.45) is 0 Å². The Morgan fingerprint density at radius 3 is 2.82 bits per heavy atom. The molecule has 0 aliphatic rings. The first kappa shape index (κ1) is 13.1. The van der Waals surface area contributed by atoms with Crippen LogP contribution in [-0.2, 0) is 20.9 Å². The number of pyridine rings is 1. The molecule has 1 N–H and O–H groups in total. The van der Waals surface area contributed by atoms with Gasteiger partial charge in [-0.2, -0.15) is 0 Å². The van der Waals surface area contributed by atoms with E-state index in [0.717, 1.165) is 5.56 Å². The fourth-order valence-corrected chi connectivity index (χ4v) is 1.19. The Morgan fingerprint density at radius 1 is 1.47 bits per heavy atom. The van der Waals surface area contributed by atoms with E-state index in [1.165, 1.54) is 4.90 Å². The number of carboxylic acids is 1. The zero-order valence-corrected chi connectivity index (χ0v) is 9.50. The van der Waals surface area contributed by atoms with Gasteiger partial charge in [0.25, 0.3) is 0 Å². The number of ether oxygens (including phenoxy) is 1. The molecule has 1 amide bonds. The van der Waals surface area contributed by atoms with Crippen molar-refractivity contribution in [1.29, 1.82) is 0 Å². The molecule has 1 heterocycles. The SMILES string of the molecule is CN(Cc1cccnc1)C(=O)COCC(=O)O. The standard InChI is InChI=1S/C11H14N2O4/c1-13(6-9-3-2-4-12-5-9)10(14)7-17-8-11(15)16/h2-5H,6-8H2,1H3,(H,15,16). The van der Waals surface area contributed by atoms with Crippen molar-refractivity contribution in [1.82, 2.24) is 9.88 Å². The van der Waals surface area contributed by atoms with Gasteiger partial charge in [-0.25, -0.2) is 4.79 Å². The summed E-state index contributed by atoms with van der Waals surface area (Å²) >= 11 is 0. The van der Waals surface area contributed by atoms with Crippen LogP contribution in [0.3, 0.4) is 0 Å². The van der Waals surface area contributed by atoms with E-state index in [1.54, 1.807) is 25.5 Å². The lowest BCUT2D eigenvalue weighted by atomic mass is 10.3. The quantitative estimate of drug-likeness (QED) is 0.762. The van der Waals surface area contributed by atoms with Crippen molar-refractivity contribution in [3.8, 4) is 0 Å². The van der Waals surface area contributed by atoms with E-state index in [-0.39, 0.29) is 12.5 Å². The molecule has 6 heteroatoms. The number of carboxylic acid groups (broad SMARTS) is 1. The van der Waals surface area contributed by atoms with Gasteiger partial charge in [-0.1, -0.05) is 6.07 Å². The number of hydrogen-bond acceptors (Lipinski definition) is 4. The Kier molecular flexibility index (Phi) is 5.09. The molecule has 0 atom stereocenters. The van der Waals surface area contributed by atoms with Crippen LogP contribution < -0.4 is 0 Å². The Hall–Kier alpha value is -1.95. The number of aliphatic carboxylic acids is 1.